The highest BCUT2D eigenvalue weighted by molar-refractivity contribution is 4.99. The highest BCUT2D eigenvalue weighted by atomic mass is 16.5. The molecule has 0 aromatic carbocycles. The van der Waals surface area contributed by atoms with Crippen LogP contribution < -0.4 is 5.32 Å². The zero-order valence-electron chi connectivity index (χ0n) is 12.6. The third kappa shape index (κ3) is 3.14. The summed E-state index contributed by atoms with van der Waals surface area (Å²) in [4.78, 5) is 2.83. The van der Waals surface area contributed by atoms with E-state index in [1.54, 1.807) is 0 Å². The van der Waals surface area contributed by atoms with Crippen molar-refractivity contribution in [3.63, 3.8) is 0 Å². The molecular formula is C16H30N2O. The Morgan fingerprint density at radius 1 is 1.16 bits per heavy atom. The van der Waals surface area contributed by atoms with Gasteiger partial charge in [0, 0.05) is 31.3 Å². The molecule has 2 bridgehead atoms. The van der Waals surface area contributed by atoms with Crippen LogP contribution in [0.4, 0.5) is 0 Å². The van der Waals surface area contributed by atoms with Crippen LogP contribution in [0.5, 0.6) is 0 Å². The first-order valence-corrected chi connectivity index (χ1v) is 8.32. The molecule has 2 aliphatic heterocycles. The molecule has 3 unspecified atom stereocenters. The minimum Gasteiger partial charge on any atom is -0.383 e. The van der Waals surface area contributed by atoms with Crippen LogP contribution in [-0.2, 0) is 4.74 Å². The largest absolute Gasteiger partial charge is 0.383 e. The number of nitrogens with zero attached hydrogens (tertiary/aromatic N) is 1. The molecule has 2 heterocycles. The smallest absolute Gasteiger partial charge is 0.0620 e. The first kappa shape index (κ1) is 13.8. The van der Waals surface area contributed by atoms with Crippen molar-refractivity contribution in [3.05, 3.63) is 0 Å². The van der Waals surface area contributed by atoms with E-state index in [1.165, 1.54) is 51.5 Å². The van der Waals surface area contributed by atoms with E-state index in [2.05, 4.69) is 17.1 Å². The van der Waals surface area contributed by atoms with E-state index in [9.17, 15) is 0 Å². The lowest BCUT2D eigenvalue weighted by Crippen LogP contribution is -2.53. The van der Waals surface area contributed by atoms with Gasteiger partial charge in [0.2, 0.25) is 0 Å². The van der Waals surface area contributed by atoms with E-state index >= 15 is 0 Å². The van der Waals surface area contributed by atoms with Gasteiger partial charge in [0.25, 0.3) is 0 Å². The van der Waals surface area contributed by atoms with E-state index in [1.807, 2.05) is 7.11 Å². The summed E-state index contributed by atoms with van der Waals surface area (Å²) in [6, 6.07) is 3.09. The van der Waals surface area contributed by atoms with Gasteiger partial charge in [-0.2, -0.15) is 0 Å². The molecule has 3 rings (SSSR count). The minimum atomic E-state index is 0.687. The van der Waals surface area contributed by atoms with Crippen LogP contribution in [0.25, 0.3) is 0 Å². The van der Waals surface area contributed by atoms with Crippen LogP contribution in [0.2, 0.25) is 0 Å². The van der Waals surface area contributed by atoms with E-state index in [0.717, 1.165) is 30.7 Å². The first-order chi connectivity index (χ1) is 9.31. The quantitative estimate of drug-likeness (QED) is 0.766. The van der Waals surface area contributed by atoms with Gasteiger partial charge in [0.1, 0.15) is 0 Å². The number of hydrogen-bond acceptors (Lipinski definition) is 3. The SMILES string of the molecule is CCCN(C1CC2CCC(C1)N2)C(COC)C1CC1. The van der Waals surface area contributed by atoms with Crippen molar-refractivity contribution >= 4 is 0 Å². The van der Waals surface area contributed by atoms with E-state index in [4.69, 9.17) is 4.74 Å². The number of fused-ring (bicyclic) bond motifs is 2. The Morgan fingerprint density at radius 2 is 1.84 bits per heavy atom. The summed E-state index contributed by atoms with van der Waals surface area (Å²) in [5, 5.41) is 3.78. The van der Waals surface area contributed by atoms with Crippen LogP contribution in [-0.4, -0.2) is 49.3 Å². The van der Waals surface area contributed by atoms with Crippen molar-refractivity contribution in [2.24, 2.45) is 5.92 Å². The van der Waals surface area contributed by atoms with E-state index in [-0.39, 0.29) is 0 Å². The monoisotopic (exact) mass is 266 g/mol. The molecule has 1 saturated carbocycles. The fraction of sp³-hybridized carbons (Fsp3) is 1.00. The summed E-state index contributed by atoms with van der Waals surface area (Å²) in [5.74, 6) is 0.916. The van der Waals surface area contributed by atoms with Crippen molar-refractivity contribution in [1.29, 1.82) is 0 Å². The van der Waals surface area contributed by atoms with Gasteiger partial charge in [-0.3, -0.25) is 4.90 Å². The Labute approximate surface area is 118 Å². The molecule has 0 radical (unpaired) electrons. The zero-order chi connectivity index (χ0) is 13.2. The molecule has 1 N–H and O–H groups in total. The molecule has 3 fully saturated rings. The van der Waals surface area contributed by atoms with Crippen molar-refractivity contribution in [2.75, 3.05) is 20.3 Å². The summed E-state index contributed by atoms with van der Waals surface area (Å²) >= 11 is 0. The molecule has 2 saturated heterocycles. The molecule has 3 atom stereocenters. The van der Waals surface area contributed by atoms with Gasteiger partial charge in [-0.15, -0.1) is 0 Å². The topological polar surface area (TPSA) is 24.5 Å². The lowest BCUT2D eigenvalue weighted by molar-refractivity contribution is 0.0313. The molecule has 110 valence electrons. The summed E-state index contributed by atoms with van der Waals surface area (Å²) in [6.07, 6.45) is 9.65. The minimum absolute atomic E-state index is 0.687. The second kappa shape index (κ2) is 6.11. The summed E-state index contributed by atoms with van der Waals surface area (Å²) in [5.41, 5.74) is 0. The molecule has 1 aliphatic carbocycles. The summed E-state index contributed by atoms with van der Waals surface area (Å²) in [6.45, 7) is 4.51. The van der Waals surface area contributed by atoms with Gasteiger partial charge in [-0.25, -0.2) is 0 Å². The average molecular weight is 266 g/mol. The lowest BCUT2D eigenvalue weighted by atomic mass is 9.95. The highest BCUT2D eigenvalue weighted by Crippen LogP contribution is 2.39. The standard InChI is InChI=1S/C16H30N2O/c1-3-8-18(16(11-19-2)12-4-5-12)15-9-13-6-7-14(10-15)17-13/h12-17H,3-11H2,1-2H3. The molecule has 0 aromatic heterocycles. The van der Waals surface area contributed by atoms with Gasteiger partial charge >= 0.3 is 0 Å². The van der Waals surface area contributed by atoms with Gasteiger partial charge in [0.15, 0.2) is 0 Å². The predicted octanol–water partition coefficient (Wildman–Crippen LogP) is 2.41. The van der Waals surface area contributed by atoms with Crippen LogP contribution in [0, 0.1) is 5.92 Å². The van der Waals surface area contributed by atoms with E-state index in [0.29, 0.717) is 6.04 Å². The fourth-order valence-corrected chi connectivity index (χ4v) is 4.33. The highest BCUT2D eigenvalue weighted by Gasteiger charge is 2.42. The molecule has 3 aliphatic rings. The summed E-state index contributed by atoms with van der Waals surface area (Å²) in [7, 11) is 1.87. The Kier molecular flexibility index (Phi) is 4.45. The number of nitrogens with one attached hydrogen (secondary N) is 1. The number of piperidine rings is 1. The molecule has 19 heavy (non-hydrogen) atoms. The Bertz CT molecular complexity index is 280. The number of ether oxygens (including phenoxy) is 1. The Morgan fingerprint density at radius 3 is 2.37 bits per heavy atom. The van der Waals surface area contributed by atoms with Gasteiger partial charge in [-0.1, -0.05) is 6.92 Å². The van der Waals surface area contributed by atoms with Gasteiger partial charge in [-0.05, 0) is 57.4 Å². The maximum Gasteiger partial charge on any atom is 0.0620 e. The Balaban J connectivity index is 1.68. The van der Waals surface area contributed by atoms with Crippen molar-refractivity contribution in [1.82, 2.24) is 10.2 Å². The first-order valence-electron chi connectivity index (χ1n) is 8.32. The van der Waals surface area contributed by atoms with Gasteiger partial charge < -0.3 is 10.1 Å². The second-order valence-electron chi connectivity index (χ2n) is 6.86. The third-order valence-electron chi connectivity index (χ3n) is 5.33. The second-order valence-corrected chi connectivity index (χ2v) is 6.86. The van der Waals surface area contributed by atoms with E-state index < -0.39 is 0 Å². The van der Waals surface area contributed by atoms with Crippen LogP contribution in [0.3, 0.4) is 0 Å². The van der Waals surface area contributed by atoms with Crippen molar-refractivity contribution < 1.29 is 4.74 Å². The molecule has 0 amide bonds. The number of rotatable bonds is 7. The van der Waals surface area contributed by atoms with Crippen LogP contribution >= 0.6 is 0 Å². The predicted molar refractivity (Wildman–Crippen MR) is 78.4 cm³/mol. The zero-order valence-corrected chi connectivity index (χ0v) is 12.6. The van der Waals surface area contributed by atoms with Crippen LogP contribution in [0.15, 0.2) is 0 Å². The van der Waals surface area contributed by atoms with Crippen LogP contribution in [0.1, 0.15) is 51.9 Å². The number of methoxy groups -OCH3 is 1. The van der Waals surface area contributed by atoms with Gasteiger partial charge in [0.05, 0.1) is 6.61 Å². The maximum atomic E-state index is 5.54. The fourth-order valence-electron chi connectivity index (χ4n) is 4.33. The number of hydrogen-bond donors (Lipinski definition) is 1. The summed E-state index contributed by atoms with van der Waals surface area (Å²) < 4.78 is 5.54. The Hall–Kier alpha value is -0.120. The van der Waals surface area contributed by atoms with Crippen molar-refractivity contribution in [3.8, 4) is 0 Å². The molecule has 3 nitrogen and oxygen atoms in total. The molecule has 0 spiro atoms. The van der Waals surface area contributed by atoms with Crippen molar-refractivity contribution in [2.45, 2.75) is 76.0 Å². The normalized spacial score (nSPS) is 35.8. The average Bonchev–Trinajstić information content (AvgIpc) is 3.20. The molecule has 0 aromatic rings. The molecular weight excluding hydrogens is 236 g/mol. The third-order valence-corrected chi connectivity index (χ3v) is 5.33. The lowest BCUT2D eigenvalue weighted by Gasteiger charge is -2.42. The molecule has 3 heteroatoms. The maximum absolute atomic E-state index is 5.54.